The summed E-state index contributed by atoms with van der Waals surface area (Å²) in [6.07, 6.45) is 1.70. The third kappa shape index (κ3) is 1.98. The van der Waals surface area contributed by atoms with Crippen LogP contribution in [0.2, 0.25) is 0 Å². The van der Waals surface area contributed by atoms with Crippen molar-refractivity contribution in [3.8, 4) is 5.82 Å². The number of aromatic nitrogens is 3. The molecule has 0 spiro atoms. The lowest BCUT2D eigenvalue weighted by atomic mass is 10.1. The summed E-state index contributed by atoms with van der Waals surface area (Å²) in [4.78, 5) is 16.6. The van der Waals surface area contributed by atoms with Gasteiger partial charge < -0.3 is 5.11 Å². The molecule has 0 aliphatic rings. The highest BCUT2D eigenvalue weighted by atomic mass is 32.1. The molecule has 102 valence electrons. The molecule has 0 amide bonds. The fourth-order valence-corrected chi connectivity index (χ4v) is 3.06. The number of thiophene rings is 1. The van der Waals surface area contributed by atoms with E-state index in [4.69, 9.17) is 5.11 Å². The van der Waals surface area contributed by atoms with Crippen LogP contribution in [0.3, 0.4) is 0 Å². The molecule has 0 saturated heterocycles. The molecular formula is C14H13N3O2S. The number of fused-ring (bicyclic) bond motifs is 1. The third-order valence-electron chi connectivity index (χ3n) is 3.01. The van der Waals surface area contributed by atoms with Crippen LogP contribution in [0.25, 0.3) is 16.0 Å². The number of pyridine rings is 1. The number of carboxylic acids is 1. The van der Waals surface area contributed by atoms with Crippen molar-refractivity contribution in [2.45, 2.75) is 19.8 Å². The molecule has 20 heavy (non-hydrogen) atoms. The summed E-state index contributed by atoms with van der Waals surface area (Å²) < 4.78 is 1.72. The van der Waals surface area contributed by atoms with Gasteiger partial charge in [-0.2, -0.15) is 5.10 Å². The first-order valence-electron chi connectivity index (χ1n) is 6.25. The van der Waals surface area contributed by atoms with Crippen LogP contribution in [-0.2, 0) is 0 Å². The molecule has 3 aromatic rings. The summed E-state index contributed by atoms with van der Waals surface area (Å²) in [5, 5.41) is 14.6. The van der Waals surface area contributed by atoms with Gasteiger partial charge in [0.25, 0.3) is 0 Å². The molecule has 0 aliphatic carbocycles. The van der Waals surface area contributed by atoms with E-state index in [1.165, 1.54) is 11.3 Å². The minimum atomic E-state index is -0.909. The smallest absolute Gasteiger partial charge is 0.345 e. The van der Waals surface area contributed by atoms with E-state index in [0.717, 1.165) is 15.9 Å². The Labute approximate surface area is 119 Å². The molecule has 0 bridgehead atoms. The largest absolute Gasteiger partial charge is 0.477 e. The van der Waals surface area contributed by atoms with Crippen molar-refractivity contribution in [3.63, 3.8) is 0 Å². The van der Waals surface area contributed by atoms with E-state index >= 15 is 0 Å². The maximum Gasteiger partial charge on any atom is 0.345 e. The van der Waals surface area contributed by atoms with E-state index in [1.54, 1.807) is 16.9 Å². The Bertz CT molecular complexity index is 774. The highest BCUT2D eigenvalue weighted by molar-refractivity contribution is 7.20. The second kappa shape index (κ2) is 4.72. The zero-order valence-corrected chi connectivity index (χ0v) is 11.9. The first-order chi connectivity index (χ1) is 9.58. The number of carbonyl (C=O) groups is 1. The fourth-order valence-electron chi connectivity index (χ4n) is 2.10. The zero-order valence-electron chi connectivity index (χ0n) is 11.1. The fraction of sp³-hybridized carbons (Fsp3) is 0.214. The molecule has 3 aromatic heterocycles. The molecule has 6 heteroatoms. The summed E-state index contributed by atoms with van der Waals surface area (Å²) in [6.45, 7) is 4.09. The molecule has 0 fully saturated rings. The highest BCUT2D eigenvalue weighted by Gasteiger charge is 2.20. The molecule has 0 radical (unpaired) electrons. The topological polar surface area (TPSA) is 68.0 Å². The van der Waals surface area contributed by atoms with Gasteiger partial charge in [-0.1, -0.05) is 19.9 Å². The molecule has 1 N–H and O–H groups in total. The van der Waals surface area contributed by atoms with Crippen molar-refractivity contribution < 1.29 is 9.90 Å². The Balaban J connectivity index is 2.29. The standard InChI is InChI=1S/C14H13N3O2S/c1-8(2)12-9-7-10(14(18)19)20-13(9)17(16-12)11-5-3-4-6-15-11/h3-8H,1-2H3,(H,18,19). The predicted molar refractivity (Wildman–Crippen MR) is 77.8 cm³/mol. The van der Waals surface area contributed by atoms with Gasteiger partial charge in [-0.25, -0.2) is 14.5 Å². The van der Waals surface area contributed by atoms with Crippen LogP contribution in [0.4, 0.5) is 0 Å². The van der Waals surface area contributed by atoms with Gasteiger partial charge in [0.1, 0.15) is 9.71 Å². The minimum Gasteiger partial charge on any atom is -0.477 e. The van der Waals surface area contributed by atoms with Crippen molar-refractivity contribution in [2.24, 2.45) is 0 Å². The van der Waals surface area contributed by atoms with E-state index in [1.807, 2.05) is 32.0 Å². The summed E-state index contributed by atoms with van der Waals surface area (Å²) in [7, 11) is 0. The van der Waals surface area contributed by atoms with Gasteiger partial charge >= 0.3 is 5.97 Å². The van der Waals surface area contributed by atoms with Crippen molar-refractivity contribution in [2.75, 3.05) is 0 Å². The second-order valence-corrected chi connectivity index (χ2v) is 5.80. The Kier molecular flexibility index (Phi) is 3.02. The van der Waals surface area contributed by atoms with Crippen LogP contribution in [0.5, 0.6) is 0 Å². The van der Waals surface area contributed by atoms with Crippen LogP contribution in [0.1, 0.15) is 35.1 Å². The summed E-state index contributed by atoms with van der Waals surface area (Å²) in [5.41, 5.74) is 0.898. The second-order valence-electron chi connectivity index (χ2n) is 4.77. The number of rotatable bonds is 3. The molecule has 5 nitrogen and oxygen atoms in total. The van der Waals surface area contributed by atoms with E-state index in [-0.39, 0.29) is 5.92 Å². The lowest BCUT2D eigenvalue weighted by molar-refractivity contribution is 0.0702. The van der Waals surface area contributed by atoms with Crippen LogP contribution in [0.15, 0.2) is 30.5 Å². The lowest BCUT2D eigenvalue weighted by Crippen LogP contribution is -2.00. The van der Waals surface area contributed by atoms with E-state index in [2.05, 4.69) is 10.1 Å². The van der Waals surface area contributed by atoms with Crippen LogP contribution < -0.4 is 0 Å². The normalized spacial score (nSPS) is 11.3. The Morgan fingerprint density at radius 2 is 2.20 bits per heavy atom. The quantitative estimate of drug-likeness (QED) is 0.802. The van der Waals surface area contributed by atoms with Gasteiger partial charge in [-0.3, -0.25) is 0 Å². The highest BCUT2D eigenvalue weighted by Crippen LogP contribution is 2.33. The van der Waals surface area contributed by atoms with Crippen molar-refractivity contribution in [1.82, 2.24) is 14.8 Å². The van der Waals surface area contributed by atoms with Crippen LogP contribution >= 0.6 is 11.3 Å². The van der Waals surface area contributed by atoms with Crippen molar-refractivity contribution in [1.29, 1.82) is 0 Å². The number of hydrogen-bond acceptors (Lipinski definition) is 4. The Morgan fingerprint density at radius 3 is 2.80 bits per heavy atom. The van der Waals surface area contributed by atoms with Gasteiger partial charge in [0.2, 0.25) is 0 Å². The molecule has 0 saturated carbocycles. The first kappa shape index (κ1) is 12.8. The van der Waals surface area contributed by atoms with Crippen molar-refractivity contribution >= 4 is 27.5 Å². The van der Waals surface area contributed by atoms with Gasteiger partial charge in [-0.15, -0.1) is 11.3 Å². The molecule has 0 aliphatic heterocycles. The number of carboxylic acid groups (broad SMARTS) is 1. The van der Waals surface area contributed by atoms with Gasteiger partial charge in [0.15, 0.2) is 5.82 Å². The third-order valence-corrected chi connectivity index (χ3v) is 4.11. The zero-order chi connectivity index (χ0) is 14.3. The average Bonchev–Trinajstić information content (AvgIpc) is 2.97. The molecule has 0 atom stereocenters. The molecule has 0 aromatic carbocycles. The minimum absolute atomic E-state index is 0.221. The monoisotopic (exact) mass is 287 g/mol. The molecule has 3 rings (SSSR count). The average molecular weight is 287 g/mol. The Morgan fingerprint density at radius 1 is 1.40 bits per heavy atom. The summed E-state index contributed by atoms with van der Waals surface area (Å²) in [5.74, 6) is 0.00960. The summed E-state index contributed by atoms with van der Waals surface area (Å²) in [6, 6.07) is 7.28. The van der Waals surface area contributed by atoms with Crippen molar-refractivity contribution in [3.05, 3.63) is 41.0 Å². The first-order valence-corrected chi connectivity index (χ1v) is 7.06. The number of hydrogen-bond donors (Lipinski definition) is 1. The van der Waals surface area contributed by atoms with Crippen LogP contribution in [-0.4, -0.2) is 25.8 Å². The number of aromatic carboxylic acids is 1. The van der Waals surface area contributed by atoms with E-state index < -0.39 is 5.97 Å². The predicted octanol–water partition coefficient (Wildman–Crippen LogP) is 3.30. The maximum absolute atomic E-state index is 11.2. The SMILES string of the molecule is CC(C)c1nn(-c2ccccn2)c2sc(C(=O)O)cc12. The van der Waals surface area contributed by atoms with Gasteiger partial charge in [0.05, 0.1) is 5.69 Å². The van der Waals surface area contributed by atoms with E-state index in [0.29, 0.717) is 10.7 Å². The van der Waals surface area contributed by atoms with Gasteiger partial charge in [-0.05, 0) is 24.1 Å². The van der Waals surface area contributed by atoms with Crippen LogP contribution in [0, 0.1) is 0 Å². The summed E-state index contributed by atoms with van der Waals surface area (Å²) >= 11 is 1.23. The molecule has 0 unspecified atom stereocenters. The Hall–Kier alpha value is -2.21. The lowest BCUT2D eigenvalue weighted by Gasteiger charge is -2.01. The molecule has 3 heterocycles. The van der Waals surface area contributed by atoms with E-state index in [9.17, 15) is 4.79 Å². The molecular weight excluding hydrogens is 274 g/mol. The van der Waals surface area contributed by atoms with Gasteiger partial charge in [0, 0.05) is 11.6 Å². The number of nitrogens with zero attached hydrogens (tertiary/aromatic N) is 3. The maximum atomic E-state index is 11.2.